The lowest BCUT2D eigenvalue weighted by atomic mass is 10.4. The van der Waals surface area contributed by atoms with E-state index in [1.165, 1.54) is 15.6 Å². The van der Waals surface area contributed by atoms with Crippen LogP contribution in [0.1, 0.15) is 11.3 Å². The quantitative estimate of drug-likeness (QED) is 0.763. The Labute approximate surface area is 136 Å². The summed E-state index contributed by atoms with van der Waals surface area (Å²) < 4.78 is 27.5. The Bertz CT molecular complexity index is 719. The van der Waals surface area contributed by atoms with E-state index in [0.29, 0.717) is 0 Å². The number of sulfonamides is 1. The van der Waals surface area contributed by atoms with Gasteiger partial charge in [0.1, 0.15) is 0 Å². The van der Waals surface area contributed by atoms with Gasteiger partial charge in [0.15, 0.2) is 0 Å². The molecule has 0 spiro atoms. The third kappa shape index (κ3) is 4.14. The number of hydrogen-bond acceptors (Lipinski definition) is 4. The van der Waals surface area contributed by atoms with Crippen LogP contribution in [0.25, 0.3) is 0 Å². The Hall–Kier alpha value is -1.20. The van der Waals surface area contributed by atoms with Crippen LogP contribution in [0.4, 0.5) is 0 Å². The number of halogens is 1. The third-order valence-electron chi connectivity index (χ3n) is 2.84. The molecule has 0 aliphatic carbocycles. The predicted octanol–water partition coefficient (Wildman–Crippen LogP) is 3.62. The topological polar surface area (TPSA) is 61.2 Å². The first kappa shape index (κ1) is 16.2. The number of hydrogen-bond donors (Lipinski definition) is 0. The molecule has 0 saturated heterocycles. The van der Waals surface area contributed by atoms with Crippen molar-refractivity contribution < 1.29 is 8.42 Å². The minimum Gasteiger partial charge on any atom is -0.207 e. The van der Waals surface area contributed by atoms with Gasteiger partial charge >= 0.3 is 0 Å². The van der Waals surface area contributed by atoms with Crippen LogP contribution in [0.5, 0.6) is 0 Å². The van der Waals surface area contributed by atoms with Gasteiger partial charge in [-0.15, -0.1) is 11.3 Å². The lowest BCUT2D eigenvalue weighted by molar-refractivity contribution is 0.416. The molecule has 7 heteroatoms. The molecule has 0 unspecified atom stereocenters. The molecule has 0 N–H and O–H groups in total. The van der Waals surface area contributed by atoms with Crippen LogP contribution in [-0.4, -0.2) is 19.3 Å². The first-order valence-electron chi connectivity index (χ1n) is 6.19. The van der Waals surface area contributed by atoms with Crippen molar-refractivity contribution in [1.82, 2.24) is 4.31 Å². The second-order valence-electron chi connectivity index (χ2n) is 4.28. The molecule has 21 heavy (non-hydrogen) atoms. The summed E-state index contributed by atoms with van der Waals surface area (Å²) in [6, 6.07) is 12.3. The maximum Gasteiger partial charge on any atom is 0.243 e. The molecule has 0 bridgehead atoms. The molecule has 1 heterocycles. The van der Waals surface area contributed by atoms with Crippen molar-refractivity contribution in [3.63, 3.8) is 0 Å². The second-order valence-corrected chi connectivity index (χ2v) is 8.17. The van der Waals surface area contributed by atoms with Gasteiger partial charge in [-0.1, -0.05) is 22.0 Å². The zero-order chi connectivity index (χ0) is 15.3. The summed E-state index contributed by atoms with van der Waals surface area (Å²) in [7, 11) is -3.60. The summed E-state index contributed by atoms with van der Waals surface area (Å²) in [5.41, 5.74) is 0. The molecule has 0 radical (unpaired) electrons. The fourth-order valence-electron chi connectivity index (χ4n) is 1.79. The molecule has 0 aliphatic heterocycles. The third-order valence-corrected chi connectivity index (χ3v) is 6.09. The lowest BCUT2D eigenvalue weighted by Crippen LogP contribution is -2.31. The minimum absolute atomic E-state index is 0.168. The highest BCUT2D eigenvalue weighted by Crippen LogP contribution is 2.22. The first-order valence-corrected chi connectivity index (χ1v) is 9.30. The average molecular weight is 385 g/mol. The first-order chi connectivity index (χ1) is 10.0. The van der Waals surface area contributed by atoms with Crippen LogP contribution in [0.3, 0.4) is 0 Å². The Kier molecular flexibility index (Phi) is 5.53. The number of nitrogens with zero attached hydrogens (tertiary/aromatic N) is 2. The van der Waals surface area contributed by atoms with E-state index in [9.17, 15) is 8.42 Å². The summed E-state index contributed by atoms with van der Waals surface area (Å²) in [6.45, 7) is 0.477. The molecule has 0 amide bonds. The molecule has 0 saturated carbocycles. The SMILES string of the molecule is N#CCCN(Cc1cccs1)S(=O)(=O)c1ccc(Br)cc1. The van der Waals surface area contributed by atoms with Crippen molar-refractivity contribution >= 4 is 37.3 Å². The Morgan fingerprint density at radius 2 is 1.95 bits per heavy atom. The van der Waals surface area contributed by atoms with Crippen LogP contribution < -0.4 is 0 Å². The fraction of sp³-hybridized carbons (Fsp3) is 0.214. The molecule has 2 rings (SSSR count). The van der Waals surface area contributed by atoms with Gasteiger partial charge < -0.3 is 0 Å². The second kappa shape index (κ2) is 7.18. The number of thiophene rings is 1. The van der Waals surface area contributed by atoms with Gasteiger partial charge in [0.2, 0.25) is 10.0 Å². The summed E-state index contributed by atoms with van der Waals surface area (Å²) in [4.78, 5) is 1.19. The molecule has 0 aliphatic rings. The fourth-order valence-corrected chi connectivity index (χ4v) is 4.28. The predicted molar refractivity (Wildman–Crippen MR) is 86.3 cm³/mol. The molecular weight excluding hydrogens is 372 g/mol. The van der Waals surface area contributed by atoms with Crippen molar-refractivity contribution in [3.05, 3.63) is 51.1 Å². The van der Waals surface area contributed by atoms with Crippen molar-refractivity contribution in [2.24, 2.45) is 0 Å². The van der Waals surface area contributed by atoms with Gasteiger partial charge in [-0.3, -0.25) is 0 Å². The van der Waals surface area contributed by atoms with Gasteiger partial charge in [-0.05, 0) is 35.7 Å². The highest BCUT2D eigenvalue weighted by Gasteiger charge is 2.24. The van der Waals surface area contributed by atoms with E-state index in [4.69, 9.17) is 5.26 Å². The summed E-state index contributed by atoms with van der Waals surface area (Å²) >= 11 is 4.79. The summed E-state index contributed by atoms with van der Waals surface area (Å²) in [5.74, 6) is 0. The molecule has 4 nitrogen and oxygen atoms in total. The molecular formula is C14H13BrN2O2S2. The van der Waals surface area contributed by atoms with Crippen molar-refractivity contribution in [2.75, 3.05) is 6.54 Å². The smallest absolute Gasteiger partial charge is 0.207 e. The van der Waals surface area contributed by atoms with Gasteiger partial charge in [0, 0.05) is 28.9 Å². The zero-order valence-corrected chi connectivity index (χ0v) is 14.3. The summed E-state index contributed by atoms with van der Waals surface area (Å²) in [6.07, 6.45) is 0.168. The van der Waals surface area contributed by atoms with E-state index >= 15 is 0 Å². The minimum atomic E-state index is -3.60. The van der Waals surface area contributed by atoms with E-state index in [0.717, 1.165) is 9.35 Å². The van der Waals surface area contributed by atoms with Crippen LogP contribution in [0.15, 0.2) is 51.1 Å². The maximum absolute atomic E-state index is 12.7. The highest BCUT2D eigenvalue weighted by atomic mass is 79.9. The van der Waals surface area contributed by atoms with Gasteiger partial charge in [-0.25, -0.2) is 8.42 Å². The Morgan fingerprint density at radius 3 is 2.52 bits per heavy atom. The number of benzene rings is 1. The molecule has 0 fully saturated rings. The lowest BCUT2D eigenvalue weighted by Gasteiger charge is -2.20. The Morgan fingerprint density at radius 1 is 1.24 bits per heavy atom. The van der Waals surface area contributed by atoms with E-state index in [-0.39, 0.29) is 24.4 Å². The summed E-state index contributed by atoms with van der Waals surface area (Å²) in [5, 5.41) is 10.6. The highest BCUT2D eigenvalue weighted by molar-refractivity contribution is 9.10. The standard InChI is InChI=1S/C14H13BrN2O2S2/c15-12-4-6-14(7-5-12)21(18,19)17(9-2-8-16)11-13-3-1-10-20-13/h1,3-7,10H,2,9,11H2. The average Bonchev–Trinajstić information content (AvgIpc) is 2.96. The van der Waals surface area contributed by atoms with Crippen molar-refractivity contribution in [3.8, 4) is 6.07 Å². The van der Waals surface area contributed by atoms with E-state index in [1.807, 2.05) is 23.6 Å². The van der Waals surface area contributed by atoms with Crippen LogP contribution in [-0.2, 0) is 16.6 Å². The molecule has 0 atom stereocenters. The van der Waals surface area contributed by atoms with Gasteiger partial charge in [0.25, 0.3) is 0 Å². The van der Waals surface area contributed by atoms with E-state index in [2.05, 4.69) is 15.9 Å². The van der Waals surface area contributed by atoms with Crippen molar-refractivity contribution in [2.45, 2.75) is 17.9 Å². The molecule has 1 aromatic heterocycles. The number of rotatable bonds is 6. The van der Waals surface area contributed by atoms with Crippen LogP contribution in [0.2, 0.25) is 0 Å². The largest absolute Gasteiger partial charge is 0.243 e. The number of nitriles is 1. The van der Waals surface area contributed by atoms with Crippen LogP contribution >= 0.6 is 27.3 Å². The van der Waals surface area contributed by atoms with Crippen molar-refractivity contribution in [1.29, 1.82) is 5.26 Å². The van der Waals surface area contributed by atoms with Gasteiger partial charge in [0.05, 0.1) is 11.0 Å². The van der Waals surface area contributed by atoms with E-state index in [1.54, 1.807) is 24.3 Å². The monoisotopic (exact) mass is 384 g/mol. The Balaban J connectivity index is 2.29. The van der Waals surface area contributed by atoms with Crippen LogP contribution in [0, 0.1) is 11.3 Å². The normalized spacial score (nSPS) is 11.5. The molecule has 2 aromatic rings. The maximum atomic E-state index is 12.7. The molecule has 110 valence electrons. The van der Waals surface area contributed by atoms with E-state index < -0.39 is 10.0 Å². The zero-order valence-electron chi connectivity index (χ0n) is 11.1. The molecule has 1 aromatic carbocycles. The van der Waals surface area contributed by atoms with Gasteiger partial charge in [-0.2, -0.15) is 9.57 Å².